The zero-order chi connectivity index (χ0) is 17.1. The molecule has 0 aliphatic rings. The van der Waals surface area contributed by atoms with Crippen LogP contribution < -0.4 is 10.6 Å². The number of nitro groups is 1. The average Bonchev–Trinajstić information content (AvgIpc) is 3.03. The molecule has 0 bridgehead atoms. The third kappa shape index (κ3) is 3.27. The molecule has 3 aromatic rings. The molecular weight excluding hydrogens is 337 g/mol. The molecule has 0 aliphatic heterocycles. The summed E-state index contributed by atoms with van der Waals surface area (Å²) in [7, 11) is 0. The van der Waals surface area contributed by atoms with Gasteiger partial charge >= 0.3 is 5.69 Å². The van der Waals surface area contributed by atoms with Gasteiger partial charge < -0.3 is 10.6 Å². The van der Waals surface area contributed by atoms with E-state index in [9.17, 15) is 19.3 Å². The van der Waals surface area contributed by atoms with Gasteiger partial charge in [-0.3, -0.25) is 14.9 Å². The van der Waals surface area contributed by atoms with Crippen LogP contribution in [-0.2, 0) is 4.79 Å². The molecule has 24 heavy (non-hydrogen) atoms. The number of halogens is 1. The molecular formula is C14H10FN5O3S. The minimum absolute atomic E-state index is 0.142. The highest BCUT2D eigenvalue weighted by Crippen LogP contribution is 2.22. The number of amides is 1. The molecule has 0 aliphatic carbocycles. The van der Waals surface area contributed by atoms with E-state index in [4.69, 9.17) is 0 Å². The third-order valence-corrected chi connectivity index (χ3v) is 3.70. The maximum atomic E-state index is 13.3. The van der Waals surface area contributed by atoms with E-state index in [1.165, 1.54) is 6.07 Å². The van der Waals surface area contributed by atoms with Crippen molar-refractivity contribution in [2.24, 2.45) is 0 Å². The molecule has 1 aromatic heterocycles. The SMILES string of the molecule is O=C(CNc1ccc(F)c([N+](=O)[O-])c1)Nc1cccc2nsnc12. The summed E-state index contributed by atoms with van der Waals surface area (Å²) < 4.78 is 21.5. The number of carbonyl (C=O) groups excluding carboxylic acids is 1. The number of anilines is 2. The summed E-state index contributed by atoms with van der Waals surface area (Å²) in [5.74, 6) is -1.31. The molecule has 0 saturated carbocycles. The Bertz CT molecular complexity index is 930. The van der Waals surface area contributed by atoms with Crippen molar-refractivity contribution in [2.75, 3.05) is 17.2 Å². The minimum atomic E-state index is -0.933. The zero-order valence-electron chi connectivity index (χ0n) is 12.0. The Labute approximate surface area is 138 Å². The zero-order valence-corrected chi connectivity index (χ0v) is 12.8. The number of benzene rings is 2. The highest BCUT2D eigenvalue weighted by Gasteiger charge is 2.15. The minimum Gasteiger partial charge on any atom is -0.376 e. The first-order valence-electron chi connectivity index (χ1n) is 6.73. The van der Waals surface area contributed by atoms with Gasteiger partial charge in [0.05, 0.1) is 28.9 Å². The van der Waals surface area contributed by atoms with E-state index in [2.05, 4.69) is 19.4 Å². The van der Waals surface area contributed by atoms with Crippen molar-refractivity contribution < 1.29 is 14.1 Å². The first-order chi connectivity index (χ1) is 11.5. The van der Waals surface area contributed by atoms with E-state index >= 15 is 0 Å². The van der Waals surface area contributed by atoms with Crippen molar-refractivity contribution in [1.82, 2.24) is 8.75 Å². The van der Waals surface area contributed by atoms with E-state index in [0.29, 0.717) is 16.7 Å². The van der Waals surface area contributed by atoms with Gasteiger partial charge in [0.1, 0.15) is 11.0 Å². The van der Waals surface area contributed by atoms with E-state index in [0.717, 1.165) is 23.9 Å². The van der Waals surface area contributed by atoms with Crippen molar-refractivity contribution in [1.29, 1.82) is 0 Å². The second-order valence-corrected chi connectivity index (χ2v) is 5.29. The van der Waals surface area contributed by atoms with Crippen molar-refractivity contribution in [3.63, 3.8) is 0 Å². The number of aromatic nitrogens is 2. The Morgan fingerprint density at radius 3 is 2.92 bits per heavy atom. The third-order valence-electron chi connectivity index (χ3n) is 3.16. The highest BCUT2D eigenvalue weighted by atomic mass is 32.1. The standard InChI is InChI=1S/C14H10FN5O3S/c15-9-5-4-8(6-12(9)20(22)23)16-7-13(21)17-10-2-1-3-11-14(10)19-24-18-11/h1-6,16H,7H2,(H,17,21). The summed E-state index contributed by atoms with van der Waals surface area (Å²) in [5, 5.41) is 16.1. The quantitative estimate of drug-likeness (QED) is 0.542. The lowest BCUT2D eigenvalue weighted by atomic mass is 10.2. The number of nitrogens with one attached hydrogen (secondary N) is 2. The maximum Gasteiger partial charge on any atom is 0.306 e. The predicted octanol–water partition coefficient (Wildman–Crippen LogP) is 2.79. The molecule has 0 atom stereocenters. The van der Waals surface area contributed by atoms with Crippen molar-refractivity contribution in [3.05, 3.63) is 52.3 Å². The Morgan fingerprint density at radius 1 is 1.29 bits per heavy atom. The highest BCUT2D eigenvalue weighted by molar-refractivity contribution is 7.00. The first-order valence-corrected chi connectivity index (χ1v) is 7.46. The smallest absolute Gasteiger partial charge is 0.306 e. The summed E-state index contributed by atoms with van der Waals surface area (Å²) in [5.41, 5.74) is 1.41. The van der Waals surface area contributed by atoms with Crippen molar-refractivity contribution in [2.45, 2.75) is 0 Å². The molecule has 122 valence electrons. The number of fused-ring (bicyclic) bond motifs is 1. The first kappa shape index (κ1) is 15.7. The lowest BCUT2D eigenvalue weighted by Crippen LogP contribution is -2.22. The fraction of sp³-hybridized carbons (Fsp3) is 0.0714. The lowest BCUT2D eigenvalue weighted by molar-refractivity contribution is -0.387. The van der Waals surface area contributed by atoms with Crippen LogP contribution in [0, 0.1) is 15.9 Å². The van der Waals surface area contributed by atoms with Crippen LogP contribution in [-0.4, -0.2) is 26.1 Å². The van der Waals surface area contributed by atoms with Crippen molar-refractivity contribution in [3.8, 4) is 0 Å². The molecule has 1 amide bonds. The summed E-state index contributed by atoms with van der Waals surface area (Å²) in [6.45, 7) is -0.142. The number of hydrogen-bond donors (Lipinski definition) is 2. The monoisotopic (exact) mass is 347 g/mol. The fourth-order valence-corrected chi connectivity index (χ4v) is 2.60. The molecule has 0 spiro atoms. The van der Waals surface area contributed by atoms with Gasteiger partial charge in [0.2, 0.25) is 11.7 Å². The summed E-state index contributed by atoms with van der Waals surface area (Å²) in [4.78, 5) is 21.9. The van der Waals surface area contributed by atoms with Crippen LogP contribution in [0.25, 0.3) is 11.0 Å². The van der Waals surface area contributed by atoms with Crippen LogP contribution in [0.5, 0.6) is 0 Å². The molecule has 2 aromatic carbocycles. The summed E-state index contributed by atoms with van der Waals surface area (Å²) in [6, 6.07) is 8.55. The fourth-order valence-electron chi connectivity index (χ4n) is 2.05. The Morgan fingerprint density at radius 2 is 2.12 bits per heavy atom. The van der Waals surface area contributed by atoms with Crippen LogP contribution in [0.3, 0.4) is 0 Å². The molecule has 10 heteroatoms. The van der Waals surface area contributed by atoms with E-state index in [-0.39, 0.29) is 18.1 Å². The maximum absolute atomic E-state index is 13.3. The lowest BCUT2D eigenvalue weighted by Gasteiger charge is -2.08. The normalized spacial score (nSPS) is 10.5. The van der Waals surface area contributed by atoms with E-state index < -0.39 is 16.4 Å². The topological polar surface area (TPSA) is 110 Å². The molecule has 0 radical (unpaired) electrons. The molecule has 0 saturated heterocycles. The van der Waals surface area contributed by atoms with Gasteiger partial charge in [-0.05, 0) is 24.3 Å². The molecule has 3 rings (SSSR count). The largest absolute Gasteiger partial charge is 0.376 e. The van der Waals surface area contributed by atoms with Crippen LogP contribution in [0.15, 0.2) is 36.4 Å². The molecule has 8 nitrogen and oxygen atoms in total. The number of nitro benzene ring substituents is 1. The van der Waals surface area contributed by atoms with Crippen LogP contribution in [0.2, 0.25) is 0 Å². The van der Waals surface area contributed by atoms with Gasteiger partial charge in [0, 0.05) is 11.8 Å². The van der Waals surface area contributed by atoms with Crippen LogP contribution >= 0.6 is 11.7 Å². The van der Waals surface area contributed by atoms with Crippen LogP contribution in [0.4, 0.5) is 21.5 Å². The van der Waals surface area contributed by atoms with Gasteiger partial charge in [-0.2, -0.15) is 13.1 Å². The predicted molar refractivity (Wildman–Crippen MR) is 87.6 cm³/mol. The number of rotatable bonds is 5. The Balaban J connectivity index is 1.67. The molecule has 1 heterocycles. The second kappa shape index (κ2) is 6.54. The Kier molecular flexibility index (Phi) is 4.29. The van der Waals surface area contributed by atoms with Gasteiger partial charge in [-0.15, -0.1) is 0 Å². The van der Waals surface area contributed by atoms with Gasteiger partial charge in [-0.25, -0.2) is 0 Å². The molecule has 0 unspecified atom stereocenters. The molecule has 0 fully saturated rings. The number of nitrogens with zero attached hydrogens (tertiary/aromatic N) is 3. The summed E-state index contributed by atoms with van der Waals surface area (Å²) >= 11 is 1.04. The van der Waals surface area contributed by atoms with Gasteiger partial charge in [-0.1, -0.05) is 6.07 Å². The van der Waals surface area contributed by atoms with Gasteiger partial charge in [0.15, 0.2) is 0 Å². The number of hydrogen-bond acceptors (Lipinski definition) is 7. The van der Waals surface area contributed by atoms with Crippen LogP contribution in [0.1, 0.15) is 0 Å². The number of carbonyl (C=O) groups is 1. The second-order valence-electron chi connectivity index (χ2n) is 4.76. The van der Waals surface area contributed by atoms with E-state index in [1.54, 1.807) is 18.2 Å². The Hall–Kier alpha value is -3.14. The van der Waals surface area contributed by atoms with Crippen molar-refractivity contribution >= 4 is 45.7 Å². The average molecular weight is 347 g/mol. The van der Waals surface area contributed by atoms with Gasteiger partial charge in [0.25, 0.3) is 0 Å². The van der Waals surface area contributed by atoms with E-state index in [1.807, 2.05) is 0 Å². The molecule has 2 N–H and O–H groups in total. The summed E-state index contributed by atoms with van der Waals surface area (Å²) in [6.07, 6.45) is 0.